The van der Waals surface area contributed by atoms with E-state index in [1.807, 2.05) is 11.8 Å². The fourth-order valence-electron chi connectivity index (χ4n) is 1.88. The maximum Gasteiger partial charge on any atom is 0.222 e. The molecule has 1 saturated heterocycles. The maximum absolute atomic E-state index is 11.5. The number of guanidine groups is 1. The van der Waals surface area contributed by atoms with Gasteiger partial charge in [0.25, 0.3) is 0 Å². The summed E-state index contributed by atoms with van der Waals surface area (Å²) >= 11 is 0. The Morgan fingerprint density at radius 3 is 2.94 bits per heavy atom. The minimum atomic E-state index is 0.263. The van der Waals surface area contributed by atoms with Gasteiger partial charge in [-0.15, -0.1) is 0 Å². The smallest absolute Gasteiger partial charge is 0.222 e. The molecule has 0 aromatic rings. The lowest BCUT2D eigenvalue weighted by Crippen LogP contribution is -2.34. The average Bonchev–Trinajstić information content (AvgIpc) is 2.69. The van der Waals surface area contributed by atoms with E-state index >= 15 is 0 Å². The monoisotopic (exact) mass is 252 g/mol. The fraction of sp³-hybridized carbons (Fsp3) is 0.692. The van der Waals surface area contributed by atoms with Crippen LogP contribution in [0.4, 0.5) is 0 Å². The zero-order valence-electron chi connectivity index (χ0n) is 11.4. The topological polar surface area (TPSA) is 70.7 Å². The van der Waals surface area contributed by atoms with Crippen LogP contribution >= 0.6 is 0 Å². The van der Waals surface area contributed by atoms with Gasteiger partial charge in [0, 0.05) is 32.6 Å². The van der Waals surface area contributed by atoms with Gasteiger partial charge < -0.3 is 16.0 Å². The molecule has 0 spiro atoms. The van der Waals surface area contributed by atoms with Crippen molar-refractivity contribution in [2.45, 2.75) is 26.7 Å². The van der Waals surface area contributed by atoms with Gasteiger partial charge in [0.05, 0.1) is 0 Å². The number of amides is 1. The van der Waals surface area contributed by atoms with Crippen molar-refractivity contribution in [1.29, 1.82) is 0 Å². The van der Waals surface area contributed by atoms with Crippen molar-refractivity contribution < 1.29 is 4.79 Å². The molecule has 1 fully saturated rings. The van der Waals surface area contributed by atoms with Crippen molar-refractivity contribution in [2.24, 2.45) is 16.6 Å². The van der Waals surface area contributed by atoms with Crippen LogP contribution in [0.15, 0.2) is 17.1 Å². The minimum absolute atomic E-state index is 0.263. The quantitative estimate of drug-likeness (QED) is 0.416. The van der Waals surface area contributed by atoms with E-state index in [-0.39, 0.29) is 5.91 Å². The summed E-state index contributed by atoms with van der Waals surface area (Å²) in [5.74, 6) is 1.04. The number of carbonyl (C=O) groups excluding carboxylic acids is 1. The molecule has 0 aliphatic carbocycles. The van der Waals surface area contributed by atoms with Crippen LogP contribution in [0.3, 0.4) is 0 Å². The van der Waals surface area contributed by atoms with Crippen molar-refractivity contribution in [3.63, 3.8) is 0 Å². The second kappa shape index (κ2) is 7.03. The largest absolute Gasteiger partial charge is 0.370 e. The van der Waals surface area contributed by atoms with Gasteiger partial charge in [-0.05, 0) is 19.3 Å². The van der Waals surface area contributed by atoms with Gasteiger partial charge in [-0.2, -0.15) is 0 Å². The summed E-state index contributed by atoms with van der Waals surface area (Å²) in [4.78, 5) is 17.7. The lowest BCUT2D eigenvalue weighted by Gasteiger charge is -2.19. The summed E-state index contributed by atoms with van der Waals surface area (Å²) in [6, 6.07) is 0. The molecule has 1 heterocycles. The number of carbonyl (C=O) groups is 1. The van der Waals surface area contributed by atoms with Crippen LogP contribution in [0.1, 0.15) is 26.7 Å². The van der Waals surface area contributed by atoms with Crippen molar-refractivity contribution in [3.8, 4) is 0 Å². The van der Waals surface area contributed by atoms with E-state index in [2.05, 4.69) is 23.8 Å². The summed E-state index contributed by atoms with van der Waals surface area (Å²) in [6.07, 6.45) is 1.68. The van der Waals surface area contributed by atoms with Gasteiger partial charge >= 0.3 is 0 Å². The van der Waals surface area contributed by atoms with Crippen LogP contribution in [0.2, 0.25) is 0 Å². The average molecular weight is 252 g/mol. The maximum atomic E-state index is 11.5. The van der Waals surface area contributed by atoms with Crippen LogP contribution in [-0.4, -0.2) is 42.9 Å². The van der Waals surface area contributed by atoms with Crippen molar-refractivity contribution in [3.05, 3.63) is 12.2 Å². The molecule has 1 aliphatic rings. The van der Waals surface area contributed by atoms with E-state index in [1.165, 1.54) is 0 Å². The number of nitrogens with one attached hydrogen (secondary N) is 1. The highest BCUT2D eigenvalue weighted by atomic mass is 16.2. The number of hydrogen-bond acceptors (Lipinski definition) is 2. The van der Waals surface area contributed by atoms with E-state index in [0.717, 1.165) is 25.1 Å². The molecule has 0 aromatic carbocycles. The molecule has 102 valence electrons. The molecule has 1 unspecified atom stereocenters. The summed E-state index contributed by atoms with van der Waals surface area (Å²) in [5, 5.41) is 2.99. The van der Waals surface area contributed by atoms with Crippen molar-refractivity contribution in [1.82, 2.24) is 10.2 Å². The first-order valence-corrected chi connectivity index (χ1v) is 6.45. The van der Waals surface area contributed by atoms with Gasteiger partial charge in [0.15, 0.2) is 5.96 Å². The molecule has 3 N–H and O–H groups in total. The summed E-state index contributed by atoms with van der Waals surface area (Å²) < 4.78 is 0. The highest BCUT2D eigenvalue weighted by Gasteiger charge is 2.21. The molecule has 1 rings (SSSR count). The Kier molecular flexibility index (Phi) is 5.68. The zero-order chi connectivity index (χ0) is 13.5. The lowest BCUT2D eigenvalue weighted by atomic mass is 10.2. The summed E-state index contributed by atoms with van der Waals surface area (Å²) in [6.45, 7) is 10.7. The van der Waals surface area contributed by atoms with Crippen LogP contribution < -0.4 is 11.1 Å². The van der Waals surface area contributed by atoms with Crippen molar-refractivity contribution in [2.75, 3.05) is 26.2 Å². The molecular formula is C13H24N4O. The first-order chi connectivity index (χ1) is 8.49. The molecule has 18 heavy (non-hydrogen) atoms. The SMILES string of the molecule is C=C(C)CNC(N)=NCC(C)CN1CCCC1=O. The number of hydrogen-bond donors (Lipinski definition) is 2. The van der Waals surface area contributed by atoms with Crippen molar-refractivity contribution >= 4 is 11.9 Å². The minimum Gasteiger partial charge on any atom is -0.370 e. The molecule has 0 aromatic heterocycles. The molecule has 0 saturated carbocycles. The highest BCUT2D eigenvalue weighted by molar-refractivity contribution is 5.78. The third-order valence-electron chi connectivity index (χ3n) is 2.85. The summed E-state index contributed by atoms with van der Waals surface area (Å²) in [7, 11) is 0. The first-order valence-electron chi connectivity index (χ1n) is 6.45. The van der Waals surface area contributed by atoms with Crippen LogP contribution in [0.25, 0.3) is 0 Å². The Balaban J connectivity index is 2.26. The number of nitrogens with zero attached hydrogens (tertiary/aromatic N) is 2. The molecule has 1 atom stereocenters. The highest BCUT2D eigenvalue weighted by Crippen LogP contribution is 2.12. The third kappa shape index (κ3) is 5.21. The number of likely N-dealkylation sites (tertiary alicyclic amines) is 1. The molecule has 5 heteroatoms. The standard InChI is InChI=1S/C13H24N4O/c1-10(2)7-15-13(14)16-8-11(3)9-17-6-4-5-12(17)18/h11H,1,4-9H2,2-3H3,(H3,14,15,16). The van der Waals surface area contributed by atoms with Crippen LogP contribution in [0, 0.1) is 5.92 Å². The van der Waals surface area contributed by atoms with Crippen LogP contribution in [0.5, 0.6) is 0 Å². The van der Waals surface area contributed by atoms with E-state index in [9.17, 15) is 4.79 Å². The predicted octanol–water partition coefficient (Wildman–Crippen LogP) is 0.725. The Bertz CT molecular complexity index is 338. The van der Waals surface area contributed by atoms with E-state index in [1.54, 1.807) is 0 Å². The Morgan fingerprint density at radius 1 is 1.67 bits per heavy atom. The molecule has 1 aliphatic heterocycles. The van der Waals surface area contributed by atoms with Gasteiger partial charge in [-0.3, -0.25) is 9.79 Å². The van der Waals surface area contributed by atoms with E-state index in [0.29, 0.717) is 31.4 Å². The Labute approximate surface area is 109 Å². The molecule has 5 nitrogen and oxygen atoms in total. The predicted molar refractivity (Wildman–Crippen MR) is 74.3 cm³/mol. The van der Waals surface area contributed by atoms with Gasteiger partial charge in [-0.1, -0.05) is 19.1 Å². The second-order valence-electron chi connectivity index (χ2n) is 5.09. The van der Waals surface area contributed by atoms with Crippen LogP contribution in [-0.2, 0) is 4.79 Å². The zero-order valence-corrected chi connectivity index (χ0v) is 11.4. The summed E-state index contributed by atoms with van der Waals surface area (Å²) in [5.41, 5.74) is 6.74. The second-order valence-corrected chi connectivity index (χ2v) is 5.09. The third-order valence-corrected chi connectivity index (χ3v) is 2.85. The molecule has 0 bridgehead atoms. The van der Waals surface area contributed by atoms with E-state index < -0.39 is 0 Å². The fourth-order valence-corrected chi connectivity index (χ4v) is 1.88. The first kappa shape index (κ1) is 14.5. The number of aliphatic imine (C=N–C) groups is 1. The Hall–Kier alpha value is -1.52. The van der Waals surface area contributed by atoms with Gasteiger partial charge in [0.2, 0.25) is 5.91 Å². The van der Waals surface area contributed by atoms with Gasteiger partial charge in [0.1, 0.15) is 0 Å². The number of rotatable bonds is 6. The van der Waals surface area contributed by atoms with E-state index in [4.69, 9.17) is 5.73 Å². The molecule has 1 amide bonds. The van der Waals surface area contributed by atoms with Gasteiger partial charge in [-0.25, -0.2) is 0 Å². The number of nitrogens with two attached hydrogens (primary N) is 1. The molecular weight excluding hydrogens is 228 g/mol. The lowest BCUT2D eigenvalue weighted by molar-refractivity contribution is -0.128. The molecule has 0 radical (unpaired) electrons. The normalized spacial score (nSPS) is 18.0. The Morgan fingerprint density at radius 2 is 2.39 bits per heavy atom.